The van der Waals surface area contributed by atoms with Gasteiger partial charge in [-0.15, -0.1) is 0 Å². The molecular weight excluding hydrogens is 378 g/mol. The first-order valence-electron chi connectivity index (χ1n) is 8.79. The predicted octanol–water partition coefficient (Wildman–Crippen LogP) is 4.27. The molecule has 2 aromatic carbocycles. The molecule has 7 heteroatoms. The lowest BCUT2D eigenvalue weighted by atomic mass is 9.91. The Morgan fingerprint density at radius 1 is 1.11 bits per heavy atom. The molecule has 3 aromatic rings. The Hall–Kier alpha value is -3.12. The normalized spacial score (nSPS) is 19.2. The summed E-state index contributed by atoms with van der Waals surface area (Å²) in [6.07, 6.45) is 0. The molecule has 6 nitrogen and oxygen atoms in total. The van der Waals surface area contributed by atoms with E-state index >= 15 is 0 Å². The van der Waals surface area contributed by atoms with Gasteiger partial charge in [-0.05, 0) is 31.5 Å². The van der Waals surface area contributed by atoms with Crippen molar-refractivity contribution in [2.45, 2.75) is 25.9 Å². The average Bonchev–Trinajstić information content (AvgIpc) is 3.22. The number of carbonyl (C=O) groups excluding carboxylic acids is 2. The highest BCUT2D eigenvalue weighted by Crippen LogP contribution is 2.30. The Labute approximate surface area is 167 Å². The summed E-state index contributed by atoms with van der Waals surface area (Å²) in [7, 11) is 0. The Kier molecular flexibility index (Phi) is 4.43. The minimum absolute atomic E-state index is 0.00665. The van der Waals surface area contributed by atoms with E-state index in [0.29, 0.717) is 16.5 Å². The zero-order valence-corrected chi connectivity index (χ0v) is 16.2. The van der Waals surface area contributed by atoms with Crippen LogP contribution in [0.2, 0.25) is 5.02 Å². The quantitative estimate of drug-likeness (QED) is 0.669. The van der Waals surface area contributed by atoms with Crippen molar-refractivity contribution in [2.24, 2.45) is 0 Å². The summed E-state index contributed by atoms with van der Waals surface area (Å²) in [4.78, 5) is 26.6. The number of urea groups is 1. The predicted molar refractivity (Wildman–Crippen MR) is 105 cm³/mol. The standard InChI is InChI=1S/C21H18ClN3O3/c1-13-3-7-15(8-4-13)21(2)19(26)25(20(27)23-21)12-17-11-18(24-28-17)14-5-9-16(22)10-6-14/h3-11H,12H2,1-2H3,(H,23,27). The van der Waals surface area contributed by atoms with Crippen LogP contribution in [0.5, 0.6) is 0 Å². The molecule has 0 radical (unpaired) electrons. The fraction of sp³-hybridized carbons (Fsp3) is 0.190. The molecule has 1 fully saturated rings. The molecule has 1 aromatic heterocycles. The maximum absolute atomic E-state index is 13.0. The summed E-state index contributed by atoms with van der Waals surface area (Å²) < 4.78 is 5.34. The average molecular weight is 396 g/mol. The maximum Gasteiger partial charge on any atom is 0.325 e. The summed E-state index contributed by atoms with van der Waals surface area (Å²) in [6.45, 7) is 3.68. The van der Waals surface area contributed by atoms with E-state index in [1.54, 1.807) is 25.1 Å². The highest BCUT2D eigenvalue weighted by atomic mass is 35.5. The highest BCUT2D eigenvalue weighted by Gasteiger charge is 2.49. The van der Waals surface area contributed by atoms with E-state index in [1.165, 1.54) is 0 Å². The van der Waals surface area contributed by atoms with Gasteiger partial charge in [0.2, 0.25) is 0 Å². The van der Waals surface area contributed by atoms with Crippen LogP contribution in [0.25, 0.3) is 11.3 Å². The van der Waals surface area contributed by atoms with Crippen molar-refractivity contribution < 1.29 is 14.1 Å². The summed E-state index contributed by atoms with van der Waals surface area (Å²) >= 11 is 5.90. The fourth-order valence-corrected chi connectivity index (χ4v) is 3.35. The molecule has 28 heavy (non-hydrogen) atoms. The van der Waals surface area contributed by atoms with E-state index < -0.39 is 11.6 Å². The number of carbonyl (C=O) groups is 2. The Morgan fingerprint density at radius 2 is 1.79 bits per heavy atom. The number of aromatic nitrogens is 1. The van der Waals surface area contributed by atoms with Crippen LogP contribution in [-0.2, 0) is 16.9 Å². The number of rotatable bonds is 4. The Balaban J connectivity index is 1.55. The number of nitrogens with zero attached hydrogens (tertiary/aromatic N) is 2. The first-order chi connectivity index (χ1) is 13.4. The second-order valence-electron chi connectivity index (χ2n) is 7.00. The van der Waals surface area contributed by atoms with E-state index in [2.05, 4.69) is 10.5 Å². The number of imide groups is 1. The van der Waals surface area contributed by atoms with Gasteiger partial charge in [-0.2, -0.15) is 0 Å². The van der Waals surface area contributed by atoms with Crippen LogP contribution in [0.3, 0.4) is 0 Å². The molecule has 1 saturated heterocycles. The third-order valence-electron chi connectivity index (χ3n) is 4.92. The number of benzene rings is 2. The van der Waals surface area contributed by atoms with Gasteiger partial charge in [-0.1, -0.05) is 58.7 Å². The molecule has 1 unspecified atom stereocenters. The van der Waals surface area contributed by atoms with Crippen molar-refractivity contribution in [1.82, 2.24) is 15.4 Å². The molecule has 2 heterocycles. The van der Waals surface area contributed by atoms with Gasteiger partial charge in [0.15, 0.2) is 5.76 Å². The van der Waals surface area contributed by atoms with Gasteiger partial charge in [-0.3, -0.25) is 9.69 Å². The van der Waals surface area contributed by atoms with Crippen molar-refractivity contribution in [1.29, 1.82) is 0 Å². The first-order valence-corrected chi connectivity index (χ1v) is 9.17. The zero-order chi connectivity index (χ0) is 19.9. The molecule has 1 aliphatic rings. The van der Waals surface area contributed by atoms with Crippen LogP contribution in [-0.4, -0.2) is 22.0 Å². The van der Waals surface area contributed by atoms with Gasteiger partial charge >= 0.3 is 6.03 Å². The highest BCUT2D eigenvalue weighted by molar-refractivity contribution is 6.30. The smallest absolute Gasteiger partial charge is 0.325 e. The molecule has 3 amide bonds. The number of aryl methyl sites for hydroxylation is 1. The number of halogens is 1. The van der Waals surface area contributed by atoms with E-state index in [9.17, 15) is 9.59 Å². The fourth-order valence-electron chi connectivity index (χ4n) is 3.22. The molecule has 1 aliphatic heterocycles. The van der Waals surface area contributed by atoms with Gasteiger partial charge < -0.3 is 9.84 Å². The second kappa shape index (κ2) is 6.80. The van der Waals surface area contributed by atoms with Crippen molar-refractivity contribution >= 4 is 23.5 Å². The minimum atomic E-state index is -1.11. The van der Waals surface area contributed by atoms with E-state index in [0.717, 1.165) is 21.6 Å². The lowest BCUT2D eigenvalue weighted by Crippen LogP contribution is -2.40. The first kappa shape index (κ1) is 18.3. The van der Waals surface area contributed by atoms with Crippen LogP contribution in [0.15, 0.2) is 59.1 Å². The molecule has 142 valence electrons. The number of hydrogen-bond donors (Lipinski definition) is 1. The van der Waals surface area contributed by atoms with Gasteiger partial charge in [0.1, 0.15) is 11.2 Å². The zero-order valence-electron chi connectivity index (χ0n) is 15.4. The van der Waals surface area contributed by atoms with Crippen molar-refractivity contribution in [3.8, 4) is 11.3 Å². The molecule has 0 saturated carbocycles. The van der Waals surface area contributed by atoms with Crippen molar-refractivity contribution in [3.63, 3.8) is 0 Å². The minimum Gasteiger partial charge on any atom is -0.359 e. The van der Waals surface area contributed by atoms with Gasteiger partial charge in [0.25, 0.3) is 5.91 Å². The van der Waals surface area contributed by atoms with Crippen LogP contribution < -0.4 is 5.32 Å². The molecule has 0 bridgehead atoms. The summed E-state index contributed by atoms with van der Waals surface area (Å²) in [5, 5.41) is 7.44. The van der Waals surface area contributed by atoms with Crippen LogP contribution in [0, 0.1) is 6.92 Å². The lowest BCUT2D eigenvalue weighted by Gasteiger charge is -2.22. The monoisotopic (exact) mass is 395 g/mol. The number of hydrogen-bond acceptors (Lipinski definition) is 4. The SMILES string of the molecule is Cc1ccc(C2(C)NC(=O)N(Cc3cc(-c4ccc(Cl)cc4)no3)C2=O)cc1. The van der Waals surface area contributed by atoms with Crippen molar-refractivity contribution in [3.05, 3.63) is 76.5 Å². The lowest BCUT2D eigenvalue weighted by molar-refractivity contribution is -0.131. The Morgan fingerprint density at radius 3 is 2.46 bits per heavy atom. The Bertz CT molecular complexity index is 1040. The third kappa shape index (κ3) is 3.16. The van der Waals surface area contributed by atoms with Gasteiger partial charge in [0.05, 0.1) is 6.54 Å². The molecule has 0 aliphatic carbocycles. The number of nitrogens with one attached hydrogen (secondary N) is 1. The van der Waals surface area contributed by atoms with Crippen molar-refractivity contribution in [2.75, 3.05) is 0 Å². The molecule has 1 N–H and O–H groups in total. The topological polar surface area (TPSA) is 75.4 Å². The number of amides is 3. The largest absolute Gasteiger partial charge is 0.359 e. The molecular formula is C21H18ClN3O3. The maximum atomic E-state index is 13.0. The van der Waals surface area contributed by atoms with Crippen LogP contribution in [0.1, 0.15) is 23.8 Å². The summed E-state index contributed by atoms with van der Waals surface area (Å²) in [5.41, 5.74) is 2.15. The molecule has 4 rings (SSSR count). The third-order valence-corrected chi connectivity index (χ3v) is 5.17. The van der Waals surface area contributed by atoms with Gasteiger partial charge in [0, 0.05) is 16.7 Å². The van der Waals surface area contributed by atoms with Crippen LogP contribution >= 0.6 is 11.6 Å². The molecule has 0 spiro atoms. The van der Waals surface area contributed by atoms with Crippen LogP contribution in [0.4, 0.5) is 4.79 Å². The summed E-state index contributed by atoms with van der Waals surface area (Å²) in [6, 6.07) is 16.0. The molecule has 1 atom stereocenters. The summed E-state index contributed by atoms with van der Waals surface area (Å²) in [5.74, 6) is 0.0902. The second-order valence-corrected chi connectivity index (χ2v) is 7.43. The van der Waals surface area contributed by atoms with Gasteiger partial charge in [-0.25, -0.2) is 4.79 Å². The van der Waals surface area contributed by atoms with E-state index in [4.69, 9.17) is 16.1 Å². The van der Waals surface area contributed by atoms with E-state index in [-0.39, 0.29) is 12.5 Å². The van der Waals surface area contributed by atoms with E-state index in [1.807, 2.05) is 43.3 Å².